The van der Waals surface area contributed by atoms with Crippen LogP contribution in [0.5, 0.6) is 11.5 Å². The minimum Gasteiger partial charge on any atom is -0.544 e. The number of benzene rings is 3. The molecule has 0 aromatic heterocycles. The molecule has 0 heterocycles. The first-order valence-corrected chi connectivity index (χ1v) is 24.3. The van der Waals surface area contributed by atoms with E-state index in [9.17, 15) is 8.42 Å². The van der Waals surface area contributed by atoms with Crippen LogP contribution in [0.25, 0.3) is 0 Å². The van der Waals surface area contributed by atoms with E-state index >= 15 is 0 Å². The molecule has 0 spiro atoms. The van der Waals surface area contributed by atoms with Crippen molar-refractivity contribution >= 4 is 37.1 Å². The zero-order valence-electron chi connectivity index (χ0n) is 27.3. The predicted molar refractivity (Wildman–Crippen MR) is 189 cm³/mol. The zero-order valence-corrected chi connectivity index (χ0v) is 30.9. The second-order valence-electron chi connectivity index (χ2n) is 11.2. The van der Waals surface area contributed by atoms with Crippen LogP contribution in [0.2, 0.25) is 36.3 Å². The lowest BCUT2D eigenvalue weighted by Crippen LogP contribution is -2.39. The van der Waals surface area contributed by atoms with E-state index in [1.54, 1.807) is 0 Å². The number of unbranched alkanes of at least 4 members (excludes halogenated alkanes) is 1. The molecule has 5 nitrogen and oxygen atoms in total. The van der Waals surface area contributed by atoms with Gasteiger partial charge in [0, 0.05) is 0 Å². The summed E-state index contributed by atoms with van der Waals surface area (Å²) < 4.78 is 45.6. The van der Waals surface area contributed by atoms with Crippen molar-refractivity contribution < 1.29 is 20.9 Å². The molecular weight excluding hydrogens is 609 g/mol. The molecule has 3 rings (SSSR count). The van der Waals surface area contributed by atoms with E-state index < -0.39 is 37.1 Å². The van der Waals surface area contributed by atoms with E-state index in [4.69, 9.17) is 12.5 Å². The third-order valence-corrected chi connectivity index (χ3v) is 23.5. The van der Waals surface area contributed by atoms with E-state index in [0.29, 0.717) is 6.42 Å². The van der Waals surface area contributed by atoms with Crippen molar-refractivity contribution in [1.29, 1.82) is 0 Å². The quantitative estimate of drug-likeness (QED) is 0.0773. The summed E-state index contributed by atoms with van der Waals surface area (Å²) in [7, 11) is -9.98. The molecule has 0 aliphatic rings. The smallest absolute Gasteiger partial charge is 0.390 e. The molecule has 3 aromatic carbocycles. The van der Waals surface area contributed by atoms with Gasteiger partial charge in [-0.2, -0.15) is 8.42 Å². The highest BCUT2D eigenvalue weighted by Gasteiger charge is 2.43. The van der Waals surface area contributed by atoms with E-state index in [0.717, 1.165) is 68.9 Å². The lowest BCUT2D eigenvalue weighted by Gasteiger charge is -2.35. The van der Waals surface area contributed by atoms with Gasteiger partial charge in [-0.05, 0) is 103 Å². The van der Waals surface area contributed by atoms with Crippen LogP contribution in [0.15, 0.2) is 93.5 Å². The summed E-state index contributed by atoms with van der Waals surface area (Å²) in [6, 6.07) is 32.4. The molecular formula is C34H53O5S2Si2+. The molecule has 238 valence electrons. The van der Waals surface area contributed by atoms with Gasteiger partial charge in [-0.15, -0.1) is 0 Å². The van der Waals surface area contributed by atoms with Crippen LogP contribution >= 0.6 is 10.3 Å². The van der Waals surface area contributed by atoms with Crippen LogP contribution in [0, 0.1) is 0 Å². The maximum absolute atomic E-state index is 13.7. The molecule has 0 amide bonds. The first kappa shape index (κ1) is 35.4. The molecule has 3 aromatic rings. The van der Waals surface area contributed by atoms with Crippen LogP contribution in [0.1, 0.15) is 61.3 Å². The molecule has 0 saturated heterocycles. The van der Waals surface area contributed by atoms with Gasteiger partial charge in [0.05, 0.1) is 25.0 Å². The first-order valence-electron chi connectivity index (χ1n) is 16.0. The highest BCUT2D eigenvalue weighted by Crippen LogP contribution is 2.68. The van der Waals surface area contributed by atoms with Crippen molar-refractivity contribution in [2.45, 2.75) is 112 Å². The Balaban J connectivity index is 2.21. The molecule has 0 aliphatic heterocycles. The second kappa shape index (κ2) is 15.8. The van der Waals surface area contributed by atoms with Crippen LogP contribution in [0.4, 0.5) is 0 Å². The first-order chi connectivity index (χ1) is 20.6. The Morgan fingerprint density at radius 1 is 0.558 bits per heavy atom. The standard InChI is InChI=1S/C34H52O5S2Si2/c1-8-15-29-40(35,36)39-41(32-19-17-16-18-20-32,33-25-21-30(22-26-33)37-42(9-2,10-3)11-4)34-27-23-31(24-28-34)38-43(12-5,13-6)14-7/h16-28H,8-15,29H2,1-7H3/p+1. The van der Waals surface area contributed by atoms with Gasteiger partial charge in [0.25, 0.3) is 0 Å². The number of rotatable bonds is 18. The SMILES string of the molecule is CCCCS(=O)(=O)[OH+]S(c1ccccc1)(c1ccc(O[Si](CC)(CC)CC)cc1)c1ccc(O[Si](CC)(CC)CC)cc1. The van der Waals surface area contributed by atoms with E-state index in [1.807, 2.05) is 85.8 Å². The van der Waals surface area contributed by atoms with Crippen LogP contribution in [-0.2, 0) is 10.1 Å². The molecule has 9 heteroatoms. The van der Waals surface area contributed by atoms with Crippen molar-refractivity contribution in [3.63, 3.8) is 0 Å². The van der Waals surface area contributed by atoms with Gasteiger partial charge in [0.2, 0.25) is 16.6 Å². The summed E-state index contributed by atoms with van der Waals surface area (Å²) in [6.07, 6.45) is 1.36. The van der Waals surface area contributed by atoms with Crippen molar-refractivity contribution in [3.8, 4) is 11.5 Å². The largest absolute Gasteiger partial charge is 0.544 e. The van der Waals surface area contributed by atoms with Gasteiger partial charge in [-0.1, -0.05) is 73.1 Å². The fourth-order valence-electron chi connectivity index (χ4n) is 5.53. The average Bonchev–Trinajstić information content (AvgIpc) is 3.05. The summed E-state index contributed by atoms with van der Waals surface area (Å²) in [5.74, 6) is 1.72. The summed E-state index contributed by atoms with van der Waals surface area (Å²) in [6.45, 7) is 15.3. The highest BCUT2D eigenvalue weighted by molar-refractivity contribution is 8.32. The van der Waals surface area contributed by atoms with E-state index in [1.165, 1.54) is 0 Å². The van der Waals surface area contributed by atoms with Gasteiger partial charge >= 0.3 is 10.1 Å². The molecule has 0 saturated carbocycles. The van der Waals surface area contributed by atoms with Crippen LogP contribution in [0.3, 0.4) is 0 Å². The normalized spacial score (nSPS) is 13.1. The van der Waals surface area contributed by atoms with Crippen molar-refractivity contribution in [1.82, 2.24) is 0 Å². The fourth-order valence-corrected chi connectivity index (χ4v) is 16.4. The Labute approximate surface area is 265 Å². The molecule has 0 fully saturated rings. The molecule has 0 unspecified atom stereocenters. The average molecular weight is 662 g/mol. The Kier molecular flexibility index (Phi) is 13.0. The summed E-state index contributed by atoms with van der Waals surface area (Å²) in [5, 5.41) is 0. The predicted octanol–water partition coefficient (Wildman–Crippen LogP) is 10.9. The highest BCUT2D eigenvalue weighted by atomic mass is 32.3. The zero-order chi connectivity index (χ0) is 31.6. The van der Waals surface area contributed by atoms with E-state index in [-0.39, 0.29) is 5.75 Å². The topological polar surface area (TPSA) is 65.4 Å². The molecule has 0 aliphatic carbocycles. The van der Waals surface area contributed by atoms with Crippen LogP contribution < -0.4 is 8.85 Å². The molecule has 1 N–H and O–H groups in total. The van der Waals surface area contributed by atoms with E-state index in [2.05, 4.69) is 41.5 Å². The maximum atomic E-state index is 13.7. The molecule has 0 radical (unpaired) electrons. The van der Waals surface area contributed by atoms with Gasteiger partial charge in [-0.3, -0.25) is 3.63 Å². The van der Waals surface area contributed by atoms with Crippen molar-refractivity contribution in [2.24, 2.45) is 0 Å². The Morgan fingerprint density at radius 3 is 1.28 bits per heavy atom. The third-order valence-electron chi connectivity index (χ3n) is 8.93. The Hall–Kier alpha value is -2.05. The Morgan fingerprint density at radius 2 is 0.930 bits per heavy atom. The third kappa shape index (κ3) is 8.36. The van der Waals surface area contributed by atoms with Crippen molar-refractivity contribution in [3.05, 3.63) is 78.9 Å². The summed E-state index contributed by atoms with van der Waals surface area (Å²) in [5.41, 5.74) is 0. The van der Waals surface area contributed by atoms with Crippen LogP contribution in [-0.4, -0.2) is 34.4 Å². The van der Waals surface area contributed by atoms with Gasteiger partial charge in [0.15, 0.2) is 0 Å². The lowest BCUT2D eigenvalue weighted by atomic mass is 10.3. The monoisotopic (exact) mass is 661 g/mol. The minimum absolute atomic E-state index is 0.0305. The maximum Gasteiger partial charge on any atom is 0.390 e. The summed E-state index contributed by atoms with van der Waals surface area (Å²) in [4.78, 5) is 2.63. The molecule has 0 atom stereocenters. The number of hydrogen-bond acceptors (Lipinski definition) is 4. The summed E-state index contributed by atoms with van der Waals surface area (Å²) >= 11 is 0. The molecule has 43 heavy (non-hydrogen) atoms. The number of hydrogen-bond donors (Lipinski definition) is 0. The van der Waals surface area contributed by atoms with Gasteiger partial charge < -0.3 is 8.85 Å². The van der Waals surface area contributed by atoms with Crippen molar-refractivity contribution in [2.75, 3.05) is 5.75 Å². The van der Waals surface area contributed by atoms with Gasteiger partial charge in [0.1, 0.15) is 17.3 Å². The minimum atomic E-state index is -3.73. The molecule has 0 bridgehead atoms. The fraction of sp³-hybridized carbons (Fsp3) is 0.471. The lowest BCUT2D eigenvalue weighted by molar-refractivity contribution is 0.386. The second-order valence-corrected chi connectivity index (χ2v) is 25.4. The van der Waals surface area contributed by atoms with Gasteiger partial charge in [-0.25, -0.2) is 0 Å². The Bertz CT molecular complexity index is 1270.